The molecule has 1 N–H and O–H groups in total. The van der Waals surface area contributed by atoms with Crippen molar-refractivity contribution in [3.05, 3.63) is 137 Å². The van der Waals surface area contributed by atoms with Crippen molar-refractivity contribution in [2.24, 2.45) is 0 Å². The second-order valence-corrected chi connectivity index (χ2v) is 10.1. The molecule has 224 valence electrons. The molecule has 0 saturated carbocycles. The van der Waals surface area contributed by atoms with Crippen LogP contribution in [-0.4, -0.2) is 5.78 Å². The van der Waals surface area contributed by atoms with Gasteiger partial charge in [-0.2, -0.15) is 0 Å². The Morgan fingerprint density at radius 3 is 2.00 bits per heavy atom. The Balaban J connectivity index is 0.00000111. The molecule has 1 heterocycles. The highest BCUT2D eigenvalue weighted by Crippen LogP contribution is 2.32. The van der Waals surface area contributed by atoms with Gasteiger partial charge < -0.3 is 5.32 Å². The van der Waals surface area contributed by atoms with E-state index < -0.39 is 0 Å². The van der Waals surface area contributed by atoms with Crippen molar-refractivity contribution in [3.8, 4) is 11.1 Å². The Morgan fingerprint density at radius 2 is 1.48 bits per heavy atom. The predicted octanol–water partition coefficient (Wildman–Crippen LogP) is 12.0. The predicted molar refractivity (Wildman–Crippen MR) is 191 cm³/mol. The lowest BCUT2D eigenvalue weighted by molar-refractivity contribution is 0.101. The summed E-state index contributed by atoms with van der Waals surface area (Å²) in [4.78, 5) is 11.5. The first-order chi connectivity index (χ1) is 19.2. The van der Waals surface area contributed by atoms with Crippen LogP contribution in [0, 0.1) is 13.8 Å². The normalized spacial score (nSPS) is 11.8. The third kappa shape index (κ3) is 11.4. The SMILES string of the molecule is C.C.C=C/C=C(C)\C=C/C.CC(=O)c1ccc(/C(C)=C/c2cccc(-c3ccc(C)c(C4=CN4)c3)c2C)cc1.CCC. The Morgan fingerprint density at radius 1 is 0.881 bits per heavy atom. The third-order valence-corrected chi connectivity index (χ3v) is 6.43. The van der Waals surface area contributed by atoms with E-state index in [1.807, 2.05) is 62.5 Å². The van der Waals surface area contributed by atoms with Gasteiger partial charge in [-0.3, -0.25) is 4.79 Å². The lowest BCUT2D eigenvalue weighted by Gasteiger charge is -2.12. The Kier molecular flexibility index (Phi) is 17.2. The molecule has 0 unspecified atom stereocenters. The monoisotopic (exact) mass is 563 g/mol. The van der Waals surface area contributed by atoms with Crippen molar-refractivity contribution in [1.29, 1.82) is 0 Å². The zero-order valence-corrected chi connectivity index (χ0v) is 25.6. The van der Waals surface area contributed by atoms with Crippen molar-refractivity contribution in [1.82, 2.24) is 5.32 Å². The fourth-order valence-electron chi connectivity index (χ4n) is 4.18. The number of carbonyl (C=O) groups excluding carboxylic acids is 1. The summed E-state index contributed by atoms with van der Waals surface area (Å²) in [5, 5.41) is 3.21. The fraction of sp³-hybridized carbons (Fsp3) is 0.275. The molecular formula is C40H53NO. The minimum absolute atomic E-state index is 0. The Bertz CT molecular complexity index is 1430. The van der Waals surface area contributed by atoms with Crippen LogP contribution in [0.5, 0.6) is 0 Å². The maximum absolute atomic E-state index is 11.5. The highest BCUT2D eigenvalue weighted by Gasteiger charge is 2.14. The summed E-state index contributed by atoms with van der Waals surface area (Å²) in [6, 6.07) is 21.0. The highest BCUT2D eigenvalue weighted by atomic mass is 16.1. The van der Waals surface area contributed by atoms with E-state index in [9.17, 15) is 4.79 Å². The lowest BCUT2D eigenvalue weighted by atomic mass is 9.92. The van der Waals surface area contributed by atoms with Gasteiger partial charge in [-0.1, -0.05) is 132 Å². The maximum atomic E-state index is 11.5. The van der Waals surface area contributed by atoms with Crippen LogP contribution in [-0.2, 0) is 0 Å². The summed E-state index contributed by atoms with van der Waals surface area (Å²) in [7, 11) is 0. The summed E-state index contributed by atoms with van der Waals surface area (Å²) >= 11 is 0. The zero-order valence-electron chi connectivity index (χ0n) is 25.6. The van der Waals surface area contributed by atoms with Crippen LogP contribution in [0.2, 0.25) is 0 Å². The van der Waals surface area contributed by atoms with Crippen LogP contribution < -0.4 is 5.32 Å². The van der Waals surface area contributed by atoms with Gasteiger partial charge >= 0.3 is 0 Å². The molecule has 1 aliphatic rings. The molecule has 1 aliphatic heterocycles. The van der Waals surface area contributed by atoms with Crippen LogP contribution in [0.25, 0.3) is 28.5 Å². The smallest absolute Gasteiger partial charge is 0.159 e. The average molecular weight is 564 g/mol. The first-order valence-electron chi connectivity index (χ1n) is 14.1. The van der Waals surface area contributed by atoms with E-state index in [1.165, 1.54) is 56.6 Å². The fourth-order valence-corrected chi connectivity index (χ4v) is 4.18. The van der Waals surface area contributed by atoms with Crippen LogP contribution in [0.3, 0.4) is 0 Å². The molecule has 0 amide bonds. The lowest BCUT2D eigenvalue weighted by Crippen LogP contribution is -1.93. The number of rotatable bonds is 7. The van der Waals surface area contributed by atoms with Crippen LogP contribution >= 0.6 is 0 Å². The maximum Gasteiger partial charge on any atom is 0.159 e. The molecule has 0 radical (unpaired) electrons. The summed E-state index contributed by atoms with van der Waals surface area (Å²) < 4.78 is 0. The highest BCUT2D eigenvalue weighted by molar-refractivity contribution is 5.94. The van der Waals surface area contributed by atoms with E-state index in [0.29, 0.717) is 0 Å². The first-order valence-corrected chi connectivity index (χ1v) is 14.1. The molecular weight excluding hydrogens is 510 g/mol. The van der Waals surface area contributed by atoms with Gasteiger partial charge in [-0.05, 0) is 86.6 Å². The number of allylic oxidation sites excluding steroid dienone is 6. The van der Waals surface area contributed by atoms with Gasteiger partial charge in [-0.25, -0.2) is 0 Å². The van der Waals surface area contributed by atoms with Crippen molar-refractivity contribution in [3.63, 3.8) is 0 Å². The van der Waals surface area contributed by atoms with E-state index >= 15 is 0 Å². The first kappa shape index (κ1) is 37.8. The number of benzene rings is 3. The van der Waals surface area contributed by atoms with Crippen molar-refractivity contribution in [2.75, 3.05) is 0 Å². The Hall–Kier alpha value is -4.17. The third-order valence-electron chi connectivity index (χ3n) is 6.43. The number of nitrogens with one attached hydrogen (secondary N) is 1. The van der Waals surface area contributed by atoms with Gasteiger partial charge in [-0.15, -0.1) is 0 Å². The summed E-state index contributed by atoms with van der Waals surface area (Å²) in [6.07, 6.45) is 13.3. The number of ketones is 1. The minimum atomic E-state index is 0. The quantitative estimate of drug-likeness (QED) is 0.176. The zero-order chi connectivity index (χ0) is 29.7. The topological polar surface area (TPSA) is 39.0 Å². The number of hydrogen-bond acceptors (Lipinski definition) is 2. The number of carbonyl (C=O) groups is 1. The Labute approximate surface area is 257 Å². The molecule has 0 aromatic heterocycles. The minimum Gasteiger partial charge on any atom is -0.358 e. The number of hydrogen-bond donors (Lipinski definition) is 1. The summed E-state index contributed by atoms with van der Waals surface area (Å²) in [6.45, 7) is 19.9. The summed E-state index contributed by atoms with van der Waals surface area (Å²) in [5.41, 5.74) is 13.0. The number of aryl methyl sites for hydroxylation is 1. The van der Waals surface area contributed by atoms with Crippen LogP contribution in [0.1, 0.15) is 101 Å². The van der Waals surface area contributed by atoms with Crippen molar-refractivity contribution < 1.29 is 4.79 Å². The van der Waals surface area contributed by atoms with E-state index in [0.717, 1.165) is 11.1 Å². The average Bonchev–Trinajstić information content (AvgIpc) is 3.77. The van der Waals surface area contributed by atoms with Crippen molar-refractivity contribution >= 4 is 23.1 Å². The molecule has 2 heteroatoms. The van der Waals surface area contributed by atoms with E-state index in [4.69, 9.17) is 0 Å². The largest absolute Gasteiger partial charge is 0.358 e. The van der Waals surface area contributed by atoms with Gasteiger partial charge in [0.2, 0.25) is 0 Å². The molecule has 0 saturated heterocycles. The molecule has 3 aromatic carbocycles. The van der Waals surface area contributed by atoms with E-state index in [2.05, 4.69) is 89.0 Å². The molecule has 0 spiro atoms. The van der Waals surface area contributed by atoms with Gasteiger partial charge in [0.05, 0.1) is 5.70 Å². The van der Waals surface area contributed by atoms with Gasteiger partial charge in [0.15, 0.2) is 5.78 Å². The molecule has 4 rings (SSSR count). The van der Waals surface area contributed by atoms with Gasteiger partial charge in [0, 0.05) is 17.3 Å². The molecule has 42 heavy (non-hydrogen) atoms. The van der Waals surface area contributed by atoms with Crippen LogP contribution in [0.4, 0.5) is 0 Å². The number of Topliss-reactive ketones (excluding diaryl/α,β-unsaturated/α-hetero) is 1. The molecule has 3 aromatic rings. The molecule has 0 fully saturated rings. The van der Waals surface area contributed by atoms with Crippen molar-refractivity contribution in [2.45, 2.75) is 76.7 Å². The summed E-state index contributed by atoms with van der Waals surface area (Å²) in [5.74, 6) is 0.0938. The molecule has 2 nitrogen and oxygen atoms in total. The van der Waals surface area contributed by atoms with Crippen LogP contribution in [0.15, 0.2) is 103 Å². The van der Waals surface area contributed by atoms with E-state index in [-0.39, 0.29) is 20.6 Å². The molecule has 0 atom stereocenters. The molecule has 0 aliphatic carbocycles. The second-order valence-electron chi connectivity index (χ2n) is 10.1. The molecule has 0 bridgehead atoms. The van der Waals surface area contributed by atoms with Gasteiger partial charge in [0.25, 0.3) is 0 Å². The van der Waals surface area contributed by atoms with Gasteiger partial charge in [0.1, 0.15) is 0 Å². The second kappa shape index (κ2) is 19.0. The standard InChI is InChI=1S/C27H25NO.C8H12.C3H8.2CH4/c1-17-8-9-24(15-26(17)27-16-28-27)25-7-5-6-23(19(25)3)14-18(2)21-10-12-22(13-11-21)20(4)29;1-4-6-8(3)7-5-2;1-3-2;;/h5-16,28H,1-4H3;4-7H,1H2,2-3H3;3H2,1-2H3;2*1H4/b18-14+;7-5-,8-6-;;;. The van der Waals surface area contributed by atoms with E-state index in [1.54, 1.807) is 13.0 Å².